The average molecular weight is 315 g/mol. The van der Waals surface area contributed by atoms with Crippen molar-refractivity contribution in [2.75, 3.05) is 32.1 Å². The maximum atomic E-state index is 13.0. The fraction of sp³-hybridized carbons (Fsp3) is 0.471. The van der Waals surface area contributed by atoms with E-state index in [-0.39, 0.29) is 24.3 Å². The number of nitrogens with zero attached hydrogens (tertiary/aromatic N) is 3. The summed E-state index contributed by atoms with van der Waals surface area (Å²) in [5, 5.41) is 0. The van der Waals surface area contributed by atoms with Gasteiger partial charge in [0.1, 0.15) is 12.6 Å². The first-order chi connectivity index (χ1) is 11.0. The molecule has 1 aromatic rings. The highest BCUT2D eigenvalue weighted by molar-refractivity contribution is 6.12. The Bertz CT molecular complexity index is 656. The first-order valence-electron chi connectivity index (χ1n) is 7.92. The lowest BCUT2D eigenvalue weighted by molar-refractivity contribution is -0.130. The van der Waals surface area contributed by atoms with Gasteiger partial charge in [-0.3, -0.25) is 14.4 Å². The van der Waals surface area contributed by atoms with Crippen molar-refractivity contribution in [3.05, 3.63) is 29.8 Å². The monoisotopic (exact) mass is 315 g/mol. The van der Waals surface area contributed by atoms with Crippen LogP contribution in [0.15, 0.2) is 24.3 Å². The maximum absolute atomic E-state index is 13.0. The lowest BCUT2D eigenvalue weighted by atomic mass is 10.0. The normalized spacial score (nSPS) is 20.7. The highest BCUT2D eigenvalue weighted by Gasteiger charge is 2.41. The number of hydrogen-bond donors (Lipinski definition) is 0. The smallest absolute Gasteiger partial charge is 0.256 e. The van der Waals surface area contributed by atoms with Crippen molar-refractivity contribution in [2.24, 2.45) is 0 Å². The lowest BCUT2D eigenvalue weighted by Gasteiger charge is -2.34. The fourth-order valence-electron chi connectivity index (χ4n) is 3.21. The zero-order valence-corrected chi connectivity index (χ0v) is 13.5. The molecular weight excluding hydrogens is 294 g/mol. The van der Waals surface area contributed by atoms with Gasteiger partial charge in [0.2, 0.25) is 11.8 Å². The molecule has 2 aliphatic heterocycles. The number of amides is 3. The Morgan fingerprint density at radius 2 is 1.96 bits per heavy atom. The number of fused-ring (bicyclic) bond motifs is 2. The molecule has 3 rings (SSSR count). The van der Waals surface area contributed by atoms with Crippen LogP contribution in [-0.2, 0) is 9.59 Å². The number of rotatable bonds is 2. The first-order valence-corrected chi connectivity index (χ1v) is 7.92. The SMILES string of the molecule is CN(C)C(=O)CN1C(=O)C2CCCCN2C(=O)c2ccccc21. The van der Waals surface area contributed by atoms with E-state index >= 15 is 0 Å². The molecule has 1 unspecified atom stereocenters. The summed E-state index contributed by atoms with van der Waals surface area (Å²) in [6.45, 7) is 0.555. The zero-order chi connectivity index (χ0) is 16.6. The second kappa shape index (κ2) is 6.02. The Kier molecular flexibility index (Phi) is 4.07. The highest BCUT2D eigenvalue weighted by atomic mass is 16.2. The molecule has 0 radical (unpaired) electrons. The molecule has 3 amide bonds. The molecule has 0 N–H and O–H groups in total. The highest BCUT2D eigenvalue weighted by Crippen LogP contribution is 2.31. The van der Waals surface area contributed by atoms with E-state index in [1.165, 1.54) is 9.80 Å². The molecule has 0 aromatic heterocycles. The van der Waals surface area contributed by atoms with E-state index in [0.29, 0.717) is 24.2 Å². The molecule has 0 saturated carbocycles. The van der Waals surface area contributed by atoms with Crippen molar-refractivity contribution in [2.45, 2.75) is 25.3 Å². The summed E-state index contributed by atoms with van der Waals surface area (Å²) >= 11 is 0. The number of carbonyl (C=O) groups excluding carboxylic acids is 3. The molecule has 1 saturated heterocycles. The van der Waals surface area contributed by atoms with E-state index < -0.39 is 6.04 Å². The molecule has 1 atom stereocenters. The van der Waals surface area contributed by atoms with Gasteiger partial charge in [0, 0.05) is 20.6 Å². The summed E-state index contributed by atoms with van der Waals surface area (Å²) in [6, 6.07) is 6.59. The summed E-state index contributed by atoms with van der Waals surface area (Å²) in [4.78, 5) is 42.6. The maximum Gasteiger partial charge on any atom is 0.256 e. The third-order valence-corrected chi connectivity index (χ3v) is 4.53. The van der Waals surface area contributed by atoms with Gasteiger partial charge in [0.15, 0.2) is 0 Å². The van der Waals surface area contributed by atoms with E-state index in [4.69, 9.17) is 0 Å². The number of hydrogen-bond acceptors (Lipinski definition) is 3. The minimum absolute atomic E-state index is 0.0412. The Morgan fingerprint density at radius 1 is 1.22 bits per heavy atom. The van der Waals surface area contributed by atoms with Gasteiger partial charge in [-0.1, -0.05) is 12.1 Å². The number of carbonyl (C=O) groups is 3. The molecule has 1 aromatic carbocycles. The molecule has 0 spiro atoms. The van der Waals surface area contributed by atoms with E-state index in [9.17, 15) is 14.4 Å². The summed E-state index contributed by atoms with van der Waals surface area (Å²) in [7, 11) is 3.32. The molecule has 1 fully saturated rings. The number of anilines is 1. The average Bonchev–Trinajstić information content (AvgIpc) is 2.65. The Labute approximate surface area is 135 Å². The molecule has 0 aliphatic carbocycles. The van der Waals surface area contributed by atoms with Crippen molar-refractivity contribution in [3.8, 4) is 0 Å². The van der Waals surface area contributed by atoms with Gasteiger partial charge >= 0.3 is 0 Å². The van der Waals surface area contributed by atoms with Crippen molar-refractivity contribution >= 4 is 23.4 Å². The molecular formula is C17H21N3O3. The molecule has 122 valence electrons. The van der Waals surface area contributed by atoms with Crippen LogP contribution >= 0.6 is 0 Å². The van der Waals surface area contributed by atoms with Gasteiger partial charge in [-0.25, -0.2) is 0 Å². The Morgan fingerprint density at radius 3 is 2.70 bits per heavy atom. The Balaban J connectivity index is 2.06. The number of likely N-dealkylation sites (N-methyl/N-ethyl adjacent to an activating group) is 1. The van der Waals surface area contributed by atoms with Gasteiger partial charge < -0.3 is 14.7 Å². The largest absolute Gasteiger partial charge is 0.347 e. The van der Waals surface area contributed by atoms with Crippen LogP contribution in [-0.4, -0.2) is 60.7 Å². The van der Waals surface area contributed by atoms with Crippen molar-refractivity contribution in [1.29, 1.82) is 0 Å². The van der Waals surface area contributed by atoms with Gasteiger partial charge in [-0.05, 0) is 31.4 Å². The van der Waals surface area contributed by atoms with Crippen LogP contribution in [0.5, 0.6) is 0 Å². The predicted octanol–water partition coefficient (Wildman–Crippen LogP) is 1.12. The van der Waals surface area contributed by atoms with Crippen molar-refractivity contribution < 1.29 is 14.4 Å². The second-order valence-corrected chi connectivity index (χ2v) is 6.24. The first kappa shape index (κ1) is 15.5. The third kappa shape index (κ3) is 2.69. The van der Waals surface area contributed by atoms with Crippen molar-refractivity contribution in [1.82, 2.24) is 9.80 Å². The van der Waals surface area contributed by atoms with E-state index in [0.717, 1.165) is 12.8 Å². The number of benzene rings is 1. The van der Waals surface area contributed by atoms with Crippen LogP contribution < -0.4 is 4.90 Å². The molecule has 2 heterocycles. The fourth-order valence-corrected chi connectivity index (χ4v) is 3.21. The summed E-state index contributed by atoms with van der Waals surface area (Å²) in [5.74, 6) is -0.429. The van der Waals surface area contributed by atoms with E-state index in [1.54, 1.807) is 43.3 Å². The lowest BCUT2D eigenvalue weighted by Crippen LogP contribution is -2.52. The quantitative estimate of drug-likeness (QED) is 0.821. The van der Waals surface area contributed by atoms with Crippen LogP contribution in [0.1, 0.15) is 29.6 Å². The molecule has 2 aliphatic rings. The third-order valence-electron chi connectivity index (χ3n) is 4.53. The van der Waals surface area contributed by atoms with Crippen LogP contribution in [0.3, 0.4) is 0 Å². The number of para-hydroxylation sites is 1. The zero-order valence-electron chi connectivity index (χ0n) is 13.5. The van der Waals surface area contributed by atoms with Gasteiger partial charge in [0.25, 0.3) is 5.91 Å². The summed E-state index contributed by atoms with van der Waals surface area (Å²) < 4.78 is 0. The minimum atomic E-state index is -0.460. The predicted molar refractivity (Wildman–Crippen MR) is 86.2 cm³/mol. The molecule has 23 heavy (non-hydrogen) atoms. The molecule has 6 heteroatoms. The topological polar surface area (TPSA) is 60.9 Å². The van der Waals surface area contributed by atoms with Crippen molar-refractivity contribution in [3.63, 3.8) is 0 Å². The Hall–Kier alpha value is -2.37. The molecule has 0 bridgehead atoms. The van der Waals surface area contributed by atoms with Gasteiger partial charge in [0.05, 0.1) is 11.3 Å². The number of piperidine rings is 1. The van der Waals surface area contributed by atoms with Crippen LogP contribution in [0.2, 0.25) is 0 Å². The van der Waals surface area contributed by atoms with Gasteiger partial charge in [-0.15, -0.1) is 0 Å². The van der Waals surface area contributed by atoms with E-state index in [2.05, 4.69) is 0 Å². The van der Waals surface area contributed by atoms with Crippen LogP contribution in [0.4, 0.5) is 5.69 Å². The van der Waals surface area contributed by atoms with Crippen LogP contribution in [0, 0.1) is 0 Å². The van der Waals surface area contributed by atoms with Gasteiger partial charge in [-0.2, -0.15) is 0 Å². The summed E-state index contributed by atoms with van der Waals surface area (Å²) in [5.41, 5.74) is 1.03. The van der Waals surface area contributed by atoms with E-state index in [1.807, 2.05) is 0 Å². The summed E-state index contributed by atoms with van der Waals surface area (Å²) in [6.07, 6.45) is 2.49. The second-order valence-electron chi connectivity index (χ2n) is 6.24. The molecule has 6 nitrogen and oxygen atoms in total. The standard InChI is InChI=1S/C17H21N3O3/c1-18(2)15(21)11-20-13-8-4-3-7-12(13)16(22)19-10-6-5-9-14(19)17(20)23/h3-4,7-8,14H,5-6,9-11H2,1-2H3. The minimum Gasteiger partial charge on any atom is -0.347 e. The van der Waals surface area contributed by atoms with Crippen LogP contribution in [0.25, 0.3) is 0 Å².